The molecule has 5 heteroatoms. The molecular formula is C8H11N3O2. The average molecular weight is 181 g/mol. The van der Waals surface area contributed by atoms with E-state index in [0.29, 0.717) is 5.69 Å². The van der Waals surface area contributed by atoms with Crippen molar-refractivity contribution in [3.63, 3.8) is 0 Å². The van der Waals surface area contributed by atoms with Crippen molar-refractivity contribution < 1.29 is 9.90 Å². The molecule has 1 rings (SSSR count). The van der Waals surface area contributed by atoms with E-state index in [4.69, 9.17) is 10.8 Å². The van der Waals surface area contributed by atoms with Gasteiger partial charge in [-0.05, 0) is 6.92 Å². The van der Waals surface area contributed by atoms with Crippen LogP contribution < -0.4 is 5.73 Å². The van der Waals surface area contributed by atoms with Gasteiger partial charge in [-0.25, -0.2) is 0 Å². The molecule has 0 aromatic carbocycles. The maximum absolute atomic E-state index is 10.3. The molecule has 0 amide bonds. The lowest BCUT2D eigenvalue weighted by Gasteiger charge is -2.06. The summed E-state index contributed by atoms with van der Waals surface area (Å²) in [5.41, 5.74) is 6.85. The topological polar surface area (TPSA) is 89.1 Å². The molecule has 0 saturated carbocycles. The zero-order chi connectivity index (χ0) is 9.84. The number of carboxylic acids is 1. The number of carboxylic acid groups (broad SMARTS) is 1. The number of nitrogens with two attached hydrogens (primary N) is 1. The average Bonchev–Trinajstić information content (AvgIpc) is 2.04. The number of rotatable bonds is 3. The van der Waals surface area contributed by atoms with E-state index in [1.165, 1.54) is 6.20 Å². The van der Waals surface area contributed by atoms with Crippen molar-refractivity contribution in [1.82, 2.24) is 9.97 Å². The van der Waals surface area contributed by atoms with Crippen LogP contribution in [0.3, 0.4) is 0 Å². The lowest BCUT2D eigenvalue weighted by molar-refractivity contribution is -0.137. The van der Waals surface area contributed by atoms with Crippen LogP contribution in [0.15, 0.2) is 12.4 Å². The summed E-state index contributed by atoms with van der Waals surface area (Å²) < 4.78 is 0. The number of carbonyl (C=O) groups is 1. The van der Waals surface area contributed by atoms with Crippen LogP contribution in [0.5, 0.6) is 0 Å². The number of aromatic nitrogens is 2. The fourth-order valence-electron chi connectivity index (χ4n) is 0.887. The normalized spacial score (nSPS) is 12.5. The van der Waals surface area contributed by atoms with Crippen LogP contribution in [0, 0.1) is 6.92 Å². The molecule has 70 valence electrons. The Morgan fingerprint density at radius 1 is 1.62 bits per heavy atom. The van der Waals surface area contributed by atoms with Crippen molar-refractivity contribution in [1.29, 1.82) is 0 Å². The predicted molar refractivity (Wildman–Crippen MR) is 46.0 cm³/mol. The Balaban J connectivity index is 2.71. The first kappa shape index (κ1) is 9.60. The van der Waals surface area contributed by atoms with Gasteiger partial charge in [0.1, 0.15) is 0 Å². The van der Waals surface area contributed by atoms with Crippen molar-refractivity contribution in [3.8, 4) is 0 Å². The van der Waals surface area contributed by atoms with Crippen molar-refractivity contribution in [3.05, 3.63) is 23.8 Å². The third-order valence-corrected chi connectivity index (χ3v) is 1.58. The van der Waals surface area contributed by atoms with Crippen LogP contribution >= 0.6 is 0 Å². The summed E-state index contributed by atoms with van der Waals surface area (Å²) in [6, 6.07) is -0.578. The SMILES string of the molecule is Cc1cnc(C(N)CC(=O)O)cn1. The number of hydrogen-bond acceptors (Lipinski definition) is 4. The van der Waals surface area contributed by atoms with E-state index < -0.39 is 12.0 Å². The smallest absolute Gasteiger partial charge is 0.305 e. The molecule has 1 heterocycles. The van der Waals surface area contributed by atoms with Gasteiger partial charge in [0.05, 0.1) is 30.0 Å². The molecule has 1 unspecified atom stereocenters. The molecule has 0 aliphatic rings. The van der Waals surface area contributed by atoms with E-state index in [-0.39, 0.29) is 6.42 Å². The third-order valence-electron chi connectivity index (χ3n) is 1.58. The molecule has 0 fully saturated rings. The van der Waals surface area contributed by atoms with E-state index >= 15 is 0 Å². The van der Waals surface area contributed by atoms with Crippen LogP contribution in [-0.2, 0) is 4.79 Å². The van der Waals surface area contributed by atoms with E-state index in [1.807, 2.05) is 0 Å². The molecule has 13 heavy (non-hydrogen) atoms. The summed E-state index contributed by atoms with van der Waals surface area (Å²) >= 11 is 0. The molecule has 0 aliphatic carbocycles. The molecule has 0 saturated heterocycles. The highest BCUT2D eigenvalue weighted by molar-refractivity contribution is 5.67. The Kier molecular flexibility index (Phi) is 2.92. The lowest BCUT2D eigenvalue weighted by Crippen LogP contribution is -2.16. The highest BCUT2D eigenvalue weighted by Gasteiger charge is 2.11. The van der Waals surface area contributed by atoms with Gasteiger partial charge in [0.15, 0.2) is 0 Å². The highest BCUT2D eigenvalue weighted by atomic mass is 16.4. The second kappa shape index (κ2) is 3.95. The van der Waals surface area contributed by atoms with E-state index in [9.17, 15) is 4.79 Å². The van der Waals surface area contributed by atoms with Gasteiger partial charge in [-0.3, -0.25) is 14.8 Å². The summed E-state index contributed by atoms with van der Waals surface area (Å²) in [6.45, 7) is 1.81. The molecule has 0 radical (unpaired) electrons. The van der Waals surface area contributed by atoms with Gasteiger partial charge >= 0.3 is 5.97 Å². The fourth-order valence-corrected chi connectivity index (χ4v) is 0.887. The molecule has 0 spiro atoms. The largest absolute Gasteiger partial charge is 0.481 e. The first-order valence-electron chi connectivity index (χ1n) is 3.85. The predicted octanol–water partition coefficient (Wildman–Crippen LogP) is 0.260. The summed E-state index contributed by atoms with van der Waals surface area (Å²) in [7, 11) is 0. The zero-order valence-corrected chi connectivity index (χ0v) is 7.27. The van der Waals surface area contributed by atoms with Gasteiger partial charge in [-0.1, -0.05) is 0 Å². The van der Waals surface area contributed by atoms with Gasteiger partial charge in [0, 0.05) is 6.20 Å². The monoisotopic (exact) mass is 181 g/mol. The zero-order valence-electron chi connectivity index (χ0n) is 7.27. The number of aryl methyl sites for hydroxylation is 1. The quantitative estimate of drug-likeness (QED) is 0.698. The van der Waals surface area contributed by atoms with Gasteiger partial charge in [-0.2, -0.15) is 0 Å². The first-order valence-corrected chi connectivity index (χ1v) is 3.85. The fraction of sp³-hybridized carbons (Fsp3) is 0.375. The Hall–Kier alpha value is -1.49. The summed E-state index contributed by atoms with van der Waals surface area (Å²) in [4.78, 5) is 18.3. The Bertz CT molecular complexity index is 297. The van der Waals surface area contributed by atoms with Crippen LogP contribution in [0.4, 0.5) is 0 Å². The standard InChI is InChI=1S/C8H11N3O2/c1-5-3-11-7(4-10-5)6(9)2-8(12)13/h3-4,6H,2,9H2,1H3,(H,12,13). The molecule has 5 nitrogen and oxygen atoms in total. The third kappa shape index (κ3) is 2.79. The van der Waals surface area contributed by atoms with Crippen molar-refractivity contribution in [2.45, 2.75) is 19.4 Å². The molecule has 0 aliphatic heterocycles. The van der Waals surface area contributed by atoms with E-state index in [2.05, 4.69) is 9.97 Å². The van der Waals surface area contributed by atoms with Gasteiger partial charge in [-0.15, -0.1) is 0 Å². The molecule has 3 N–H and O–H groups in total. The minimum absolute atomic E-state index is 0.127. The number of hydrogen-bond donors (Lipinski definition) is 2. The Labute approximate surface area is 75.6 Å². The maximum atomic E-state index is 10.3. The minimum Gasteiger partial charge on any atom is -0.481 e. The van der Waals surface area contributed by atoms with Crippen LogP contribution in [0.25, 0.3) is 0 Å². The van der Waals surface area contributed by atoms with Gasteiger partial charge in [0.25, 0.3) is 0 Å². The van der Waals surface area contributed by atoms with Crippen LogP contribution in [0.2, 0.25) is 0 Å². The maximum Gasteiger partial charge on any atom is 0.305 e. The molecule has 1 atom stereocenters. The highest BCUT2D eigenvalue weighted by Crippen LogP contribution is 2.09. The van der Waals surface area contributed by atoms with Crippen molar-refractivity contribution >= 4 is 5.97 Å². The lowest BCUT2D eigenvalue weighted by atomic mass is 10.1. The van der Waals surface area contributed by atoms with Crippen molar-refractivity contribution in [2.24, 2.45) is 5.73 Å². The van der Waals surface area contributed by atoms with Crippen molar-refractivity contribution in [2.75, 3.05) is 0 Å². The minimum atomic E-state index is -0.935. The van der Waals surface area contributed by atoms with E-state index in [0.717, 1.165) is 5.69 Å². The molecule has 1 aromatic heterocycles. The van der Waals surface area contributed by atoms with Gasteiger partial charge in [0.2, 0.25) is 0 Å². The Morgan fingerprint density at radius 2 is 2.31 bits per heavy atom. The number of nitrogens with zero attached hydrogens (tertiary/aromatic N) is 2. The molecule has 0 bridgehead atoms. The second-order valence-electron chi connectivity index (χ2n) is 2.79. The first-order chi connectivity index (χ1) is 6.09. The second-order valence-corrected chi connectivity index (χ2v) is 2.79. The molecular weight excluding hydrogens is 170 g/mol. The molecule has 1 aromatic rings. The summed E-state index contributed by atoms with van der Waals surface area (Å²) in [6.07, 6.45) is 2.94. The Morgan fingerprint density at radius 3 is 2.77 bits per heavy atom. The van der Waals surface area contributed by atoms with Gasteiger partial charge < -0.3 is 10.8 Å². The van der Waals surface area contributed by atoms with Crippen LogP contribution in [-0.4, -0.2) is 21.0 Å². The summed E-state index contributed by atoms with van der Waals surface area (Å²) in [5, 5.41) is 8.47. The number of aliphatic carboxylic acids is 1. The van der Waals surface area contributed by atoms with E-state index in [1.54, 1.807) is 13.1 Å². The summed E-state index contributed by atoms with van der Waals surface area (Å²) in [5.74, 6) is -0.935. The van der Waals surface area contributed by atoms with Crippen LogP contribution in [0.1, 0.15) is 23.9 Å².